The Morgan fingerprint density at radius 3 is 2.63 bits per heavy atom. The zero-order chi connectivity index (χ0) is 13.8. The van der Waals surface area contributed by atoms with Crippen molar-refractivity contribution in [2.75, 3.05) is 19.8 Å². The number of benzene rings is 1. The molecular formula is C11H8N2O6. The van der Waals surface area contributed by atoms with Crippen molar-refractivity contribution >= 4 is 11.7 Å². The van der Waals surface area contributed by atoms with Crippen molar-refractivity contribution in [3.63, 3.8) is 0 Å². The number of nitriles is 1. The molecule has 1 aromatic rings. The predicted octanol–water partition coefficient (Wildman–Crippen LogP) is 1.05. The van der Waals surface area contributed by atoms with Gasteiger partial charge in [0.1, 0.15) is 24.8 Å². The highest BCUT2D eigenvalue weighted by atomic mass is 16.6. The van der Waals surface area contributed by atoms with Gasteiger partial charge in [-0.3, -0.25) is 10.1 Å². The summed E-state index contributed by atoms with van der Waals surface area (Å²) in [4.78, 5) is 21.8. The number of nitrogens with zero attached hydrogens (tertiary/aromatic N) is 2. The van der Waals surface area contributed by atoms with E-state index in [1.165, 1.54) is 6.07 Å². The van der Waals surface area contributed by atoms with Crippen molar-refractivity contribution in [3.05, 3.63) is 27.8 Å². The van der Waals surface area contributed by atoms with E-state index < -0.39 is 23.2 Å². The van der Waals surface area contributed by atoms with Crippen LogP contribution in [-0.4, -0.2) is 30.7 Å². The molecule has 8 heteroatoms. The maximum absolute atomic E-state index is 11.6. The number of esters is 1. The number of nitro benzene ring substituents is 1. The van der Waals surface area contributed by atoms with Crippen molar-refractivity contribution in [3.8, 4) is 17.6 Å². The molecular weight excluding hydrogens is 256 g/mol. The molecule has 1 aliphatic heterocycles. The van der Waals surface area contributed by atoms with Crippen LogP contribution in [0, 0.1) is 21.4 Å². The van der Waals surface area contributed by atoms with Crippen LogP contribution in [0.2, 0.25) is 0 Å². The normalized spacial score (nSPS) is 12.4. The minimum atomic E-state index is -0.953. The molecule has 0 amide bonds. The van der Waals surface area contributed by atoms with Crippen molar-refractivity contribution in [1.82, 2.24) is 0 Å². The summed E-state index contributed by atoms with van der Waals surface area (Å²) in [5.41, 5.74) is -0.725. The molecule has 0 atom stereocenters. The van der Waals surface area contributed by atoms with Crippen LogP contribution in [-0.2, 0) is 4.74 Å². The first kappa shape index (κ1) is 12.6. The maximum Gasteiger partial charge on any atom is 0.346 e. The van der Waals surface area contributed by atoms with Crippen LogP contribution in [0.5, 0.6) is 11.5 Å². The quantitative estimate of drug-likeness (QED) is 0.455. The molecule has 1 aliphatic rings. The molecule has 8 nitrogen and oxygen atoms in total. The minimum absolute atomic E-state index is 0.204. The third kappa shape index (κ3) is 2.55. The van der Waals surface area contributed by atoms with E-state index in [4.69, 9.17) is 14.7 Å². The van der Waals surface area contributed by atoms with Crippen LogP contribution in [0.1, 0.15) is 10.4 Å². The van der Waals surface area contributed by atoms with E-state index in [1.54, 1.807) is 6.07 Å². The van der Waals surface area contributed by atoms with Gasteiger partial charge < -0.3 is 14.2 Å². The average Bonchev–Trinajstić information content (AvgIpc) is 2.43. The second kappa shape index (κ2) is 5.22. The molecule has 2 rings (SSSR count). The Labute approximate surface area is 107 Å². The molecule has 1 heterocycles. The van der Waals surface area contributed by atoms with Gasteiger partial charge in [-0.25, -0.2) is 4.79 Å². The zero-order valence-corrected chi connectivity index (χ0v) is 9.62. The molecule has 0 aromatic heterocycles. The summed E-state index contributed by atoms with van der Waals surface area (Å²) in [6.45, 7) is 0.0876. The Bertz CT molecular complexity index is 577. The van der Waals surface area contributed by atoms with Crippen molar-refractivity contribution in [2.45, 2.75) is 0 Å². The van der Waals surface area contributed by atoms with Crippen molar-refractivity contribution in [2.24, 2.45) is 0 Å². The zero-order valence-electron chi connectivity index (χ0n) is 9.62. The smallest absolute Gasteiger partial charge is 0.346 e. The lowest BCUT2D eigenvalue weighted by Gasteiger charge is -2.18. The van der Waals surface area contributed by atoms with Gasteiger partial charge in [0.25, 0.3) is 5.69 Å². The minimum Gasteiger partial charge on any atom is -0.486 e. The molecule has 98 valence electrons. The first-order valence-electron chi connectivity index (χ1n) is 5.25. The highest BCUT2D eigenvalue weighted by molar-refractivity contribution is 5.95. The van der Waals surface area contributed by atoms with Gasteiger partial charge in [-0.15, -0.1) is 0 Å². The topological polar surface area (TPSA) is 112 Å². The number of fused-ring (bicyclic) bond motifs is 1. The number of rotatable bonds is 3. The predicted molar refractivity (Wildman–Crippen MR) is 60.0 cm³/mol. The number of nitro groups is 1. The lowest BCUT2D eigenvalue weighted by Crippen LogP contribution is -2.17. The van der Waals surface area contributed by atoms with E-state index >= 15 is 0 Å². The largest absolute Gasteiger partial charge is 0.486 e. The highest BCUT2D eigenvalue weighted by Crippen LogP contribution is 2.36. The molecule has 0 radical (unpaired) electrons. The Morgan fingerprint density at radius 2 is 2.05 bits per heavy atom. The summed E-state index contributed by atoms with van der Waals surface area (Å²) in [5, 5.41) is 19.2. The van der Waals surface area contributed by atoms with E-state index in [1.807, 2.05) is 0 Å². The van der Waals surface area contributed by atoms with Crippen LogP contribution in [0.25, 0.3) is 0 Å². The second-order valence-corrected chi connectivity index (χ2v) is 3.50. The lowest BCUT2D eigenvalue weighted by atomic mass is 10.1. The van der Waals surface area contributed by atoms with E-state index in [2.05, 4.69) is 4.74 Å². The fourth-order valence-corrected chi connectivity index (χ4v) is 1.57. The number of hydrogen-bond acceptors (Lipinski definition) is 7. The Kier molecular flexibility index (Phi) is 3.47. The van der Waals surface area contributed by atoms with Gasteiger partial charge in [0, 0.05) is 6.07 Å². The fraction of sp³-hybridized carbons (Fsp3) is 0.273. The van der Waals surface area contributed by atoms with Gasteiger partial charge >= 0.3 is 5.97 Å². The van der Waals surface area contributed by atoms with E-state index in [-0.39, 0.29) is 30.3 Å². The summed E-state index contributed by atoms with van der Waals surface area (Å²) in [7, 11) is 0. The molecule has 0 aliphatic carbocycles. The van der Waals surface area contributed by atoms with Gasteiger partial charge in [0.2, 0.25) is 0 Å². The van der Waals surface area contributed by atoms with Crippen LogP contribution in [0.15, 0.2) is 12.1 Å². The number of carbonyl (C=O) groups is 1. The van der Waals surface area contributed by atoms with Crippen LogP contribution in [0.4, 0.5) is 5.69 Å². The van der Waals surface area contributed by atoms with E-state index in [9.17, 15) is 14.9 Å². The third-order valence-electron chi connectivity index (χ3n) is 2.34. The first-order chi connectivity index (χ1) is 9.13. The maximum atomic E-state index is 11.6. The fourth-order valence-electron chi connectivity index (χ4n) is 1.57. The molecule has 0 bridgehead atoms. The Hall–Kier alpha value is -2.82. The van der Waals surface area contributed by atoms with Crippen molar-refractivity contribution < 1.29 is 23.9 Å². The highest BCUT2D eigenvalue weighted by Gasteiger charge is 2.27. The summed E-state index contributed by atoms with van der Waals surface area (Å²) >= 11 is 0. The SMILES string of the molecule is N#CCOC(=O)c1cc2c(cc1[N+](=O)[O-])OCCO2. The molecule has 0 N–H and O–H groups in total. The molecule has 1 aromatic carbocycles. The first-order valence-corrected chi connectivity index (χ1v) is 5.25. The number of ether oxygens (including phenoxy) is 3. The molecule has 19 heavy (non-hydrogen) atoms. The molecule has 0 spiro atoms. The number of carbonyl (C=O) groups excluding carboxylic acids is 1. The summed E-state index contributed by atoms with van der Waals surface area (Å²) in [5.74, 6) is -0.513. The number of hydrogen-bond donors (Lipinski definition) is 0. The lowest BCUT2D eigenvalue weighted by molar-refractivity contribution is -0.385. The molecule has 0 saturated heterocycles. The van der Waals surface area contributed by atoms with E-state index in [0.717, 1.165) is 6.07 Å². The average molecular weight is 264 g/mol. The van der Waals surface area contributed by atoms with Crippen LogP contribution < -0.4 is 9.47 Å². The van der Waals surface area contributed by atoms with Gasteiger partial charge in [-0.2, -0.15) is 5.26 Å². The van der Waals surface area contributed by atoms with Gasteiger partial charge in [-0.05, 0) is 0 Å². The standard InChI is InChI=1S/C11H8N2O6/c12-1-2-19-11(14)7-5-9-10(18-4-3-17-9)6-8(7)13(15)16/h5-6H,2-4H2. The van der Waals surface area contributed by atoms with Crippen LogP contribution >= 0.6 is 0 Å². The monoisotopic (exact) mass is 264 g/mol. The summed E-state index contributed by atoms with van der Waals surface area (Å²) < 4.78 is 15.0. The van der Waals surface area contributed by atoms with Gasteiger partial charge in [0.15, 0.2) is 18.1 Å². The van der Waals surface area contributed by atoms with Crippen molar-refractivity contribution in [1.29, 1.82) is 5.26 Å². The second-order valence-electron chi connectivity index (χ2n) is 3.50. The Morgan fingerprint density at radius 1 is 1.42 bits per heavy atom. The molecule has 0 saturated carbocycles. The Balaban J connectivity index is 2.43. The van der Waals surface area contributed by atoms with Gasteiger partial charge in [0.05, 0.1) is 11.0 Å². The molecule has 0 unspecified atom stereocenters. The third-order valence-corrected chi connectivity index (χ3v) is 2.34. The summed E-state index contributed by atoms with van der Waals surface area (Å²) in [6.07, 6.45) is 0. The van der Waals surface area contributed by atoms with Crippen LogP contribution in [0.3, 0.4) is 0 Å². The summed E-state index contributed by atoms with van der Waals surface area (Å²) in [6, 6.07) is 3.91. The molecule has 0 fully saturated rings. The van der Waals surface area contributed by atoms with E-state index in [0.29, 0.717) is 0 Å². The van der Waals surface area contributed by atoms with Gasteiger partial charge in [-0.1, -0.05) is 0 Å².